The molecule has 3 aromatic rings. The maximum Gasteiger partial charge on any atom is 0.417 e. The predicted octanol–water partition coefficient (Wildman–Crippen LogP) is 5.02. The number of nitrogens with zero attached hydrogens (tertiary/aromatic N) is 3. The van der Waals surface area contributed by atoms with Crippen molar-refractivity contribution in [1.29, 1.82) is 0 Å². The molecule has 1 aliphatic heterocycles. The van der Waals surface area contributed by atoms with Gasteiger partial charge < -0.3 is 19.9 Å². The Morgan fingerprint density at radius 2 is 1.70 bits per heavy atom. The van der Waals surface area contributed by atoms with E-state index in [2.05, 4.69) is 10.3 Å². The monoisotopic (exact) mass is 560 g/mol. The van der Waals surface area contributed by atoms with Gasteiger partial charge in [-0.25, -0.2) is 4.98 Å². The van der Waals surface area contributed by atoms with E-state index in [1.807, 2.05) is 43.3 Å². The Bertz CT molecular complexity index is 1270. The number of benzene rings is 2. The number of nitrogens with one attached hydrogen (secondary N) is 1. The van der Waals surface area contributed by atoms with Crippen LogP contribution in [0.1, 0.15) is 38.3 Å². The Kier molecular flexibility index (Phi) is 10.5. The lowest BCUT2D eigenvalue weighted by Crippen LogP contribution is -2.34. The van der Waals surface area contributed by atoms with Gasteiger partial charge >= 0.3 is 6.18 Å². The summed E-state index contributed by atoms with van der Waals surface area (Å²) >= 11 is 0. The van der Waals surface area contributed by atoms with Crippen molar-refractivity contribution < 1.29 is 31.9 Å². The molecule has 0 saturated carbocycles. The van der Waals surface area contributed by atoms with E-state index >= 15 is 0 Å². The van der Waals surface area contributed by atoms with Crippen LogP contribution in [0.4, 0.5) is 23.2 Å². The lowest BCUT2D eigenvalue weighted by Gasteiger charge is -2.19. The molecule has 0 spiro atoms. The van der Waals surface area contributed by atoms with Gasteiger partial charge in [-0.1, -0.05) is 24.3 Å². The van der Waals surface area contributed by atoms with Crippen LogP contribution in [0.3, 0.4) is 0 Å². The van der Waals surface area contributed by atoms with E-state index in [4.69, 9.17) is 4.74 Å². The standard InChI is InChI=1S/C28H29F3N4O3.CH3F/c1-34(2)21-10-7-19(8-11-21)13-15-32-26(36)23-5-3-4-6-24(23)27(37)35-16-14-22(18-35)38-25-12-9-20(17-33-25)28(29,30)31;1-2/h3-12,17,22H,13-16,18H2,1-2H3,(H,32,36);1H3/t22-;/m0./s1. The molecule has 2 heterocycles. The topological polar surface area (TPSA) is 74.8 Å². The summed E-state index contributed by atoms with van der Waals surface area (Å²) in [4.78, 5) is 33.5. The van der Waals surface area contributed by atoms with Crippen molar-refractivity contribution in [2.24, 2.45) is 0 Å². The number of aromatic nitrogens is 1. The number of hydrogen-bond donors (Lipinski definition) is 1. The van der Waals surface area contributed by atoms with Gasteiger partial charge in [-0.15, -0.1) is 0 Å². The van der Waals surface area contributed by atoms with Gasteiger partial charge in [0.2, 0.25) is 5.88 Å². The first-order chi connectivity index (χ1) is 19.1. The Morgan fingerprint density at radius 1 is 1.02 bits per heavy atom. The molecule has 0 bridgehead atoms. The van der Waals surface area contributed by atoms with Crippen molar-refractivity contribution in [3.05, 3.63) is 89.1 Å². The molecular formula is C29H32F4N4O3. The highest BCUT2D eigenvalue weighted by atomic mass is 19.4. The quantitative estimate of drug-likeness (QED) is 0.392. The minimum Gasteiger partial charge on any atom is -0.472 e. The first-order valence-corrected chi connectivity index (χ1v) is 12.6. The number of amides is 2. The zero-order chi connectivity index (χ0) is 29.3. The van der Waals surface area contributed by atoms with E-state index in [1.165, 1.54) is 6.07 Å². The molecule has 2 aromatic carbocycles. The van der Waals surface area contributed by atoms with Gasteiger partial charge in [0.1, 0.15) is 6.10 Å². The number of likely N-dealkylation sites (tertiary alicyclic amines) is 1. The summed E-state index contributed by atoms with van der Waals surface area (Å²) < 4.78 is 53.4. The molecule has 0 radical (unpaired) electrons. The van der Waals surface area contributed by atoms with Crippen LogP contribution in [0.5, 0.6) is 5.88 Å². The lowest BCUT2D eigenvalue weighted by molar-refractivity contribution is -0.137. The van der Waals surface area contributed by atoms with Gasteiger partial charge in [0.25, 0.3) is 11.8 Å². The third kappa shape index (κ3) is 7.93. The molecule has 1 aliphatic rings. The smallest absolute Gasteiger partial charge is 0.417 e. The summed E-state index contributed by atoms with van der Waals surface area (Å²) in [5.41, 5.74) is 1.90. The Balaban J connectivity index is 0.00000216. The number of alkyl halides is 4. The van der Waals surface area contributed by atoms with E-state index in [0.29, 0.717) is 33.1 Å². The van der Waals surface area contributed by atoms with Crippen molar-refractivity contribution in [3.8, 4) is 5.88 Å². The molecule has 1 atom stereocenters. The molecule has 4 rings (SSSR count). The maximum atomic E-state index is 13.3. The minimum absolute atomic E-state index is 0.0634. The highest BCUT2D eigenvalue weighted by Gasteiger charge is 2.32. The highest BCUT2D eigenvalue weighted by Crippen LogP contribution is 2.29. The van der Waals surface area contributed by atoms with Crippen LogP contribution in [0.15, 0.2) is 66.9 Å². The molecule has 0 unspecified atom stereocenters. The number of pyridine rings is 1. The van der Waals surface area contributed by atoms with Crippen LogP contribution < -0.4 is 15.0 Å². The van der Waals surface area contributed by atoms with Crippen molar-refractivity contribution in [2.45, 2.75) is 25.1 Å². The molecule has 1 N–H and O–H groups in total. The summed E-state index contributed by atoms with van der Waals surface area (Å²) in [6.07, 6.45) is -3.02. The first kappa shape index (κ1) is 30.4. The van der Waals surface area contributed by atoms with Crippen LogP contribution >= 0.6 is 0 Å². The summed E-state index contributed by atoms with van der Waals surface area (Å²) in [6.45, 7) is 1.05. The Morgan fingerprint density at radius 3 is 2.30 bits per heavy atom. The van der Waals surface area contributed by atoms with E-state index < -0.39 is 17.8 Å². The zero-order valence-corrected chi connectivity index (χ0v) is 22.5. The molecule has 2 amide bonds. The number of ether oxygens (including phenoxy) is 1. The fraction of sp³-hybridized carbons (Fsp3) is 0.345. The van der Waals surface area contributed by atoms with Gasteiger partial charge in [0.15, 0.2) is 0 Å². The summed E-state index contributed by atoms with van der Waals surface area (Å²) in [5, 5.41) is 2.89. The van der Waals surface area contributed by atoms with E-state index in [-0.39, 0.29) is 35.4 Å². The normalized spacial score (nSPS) is 14.7. The van der Waals surface area contributed by atoms with Crippen LogP contribution in [-0.4, -0.2) is 68.7 Å². The average molecular weight is 561 g/mol. The van der Waals surface area contributed by atoms with Gasteiger partial charge in [-0.2, -0.15) is 13.2 Å². The summed E-state index contributed by atoms with van der Waals surface area (Å²) in [7, 11) is 4.44. The molecule has 1 aromatic heterocycles. The molecular weight excluding hydrogens is 528 g/mol. The third-order valence-electron chi connectivity index (χ3n) is 6.34. The molecule has 214 valence electrons. The largest absolute Gasteiger partial charge is 0.472 e. The fourth-order valence-corrected chi connectivity index (χ4v) is 4.21. The van der Waals surface area contributed by atoms with Crippen LogP contribution in [0.2, 0.25) is 0 Å². The second-order valence-corrected chi connectivity index (χ2v) is 9.27. The Hall–Kier alpha value is -4.15. The number of anilines is 1. The SMILES string of the molecule is CF.CN(C)c1ccc(CCNC(=O)c2ccccc2C(=O)N2CC[C@H](Oc3ccc(C(F)(F)F)cn3)C2)cc1. The molecule has 40 heavy (non-hydrogen) atoms. The maximum absolute atomic E-state index is 13.3. The van der Waals surface area contributed by atoms with Crippen LogP contribution in [0.25, 0.3) is 0 Å². The second-order valence-electron chi connectivity index (χ2n) is 9.27. The number of halogens is 4. The highest BCUT2D eigenvalue weighted by molar-refractivity contribution is 6.07. The lowest BCUT2D eigenvalue weighted by atomic mass is 10.1. The fourth-order valence-electron chi connectivity index (χ4n) is 4.21. The molecule has 1 saturated heterocycles. The number of rotatable bonds is 8. The Labute approximate surface area is 230 Å². The zero-order valence-electron chi connectivity index (χ0n) is 22.5. The molecule has 7 nitrogen and oxygen atoms in total. The van der Waals surface area contributed by atoms with Gasteiger partial charge in [-0.3, -0.25) is 14.0 Å². The van der Waals surface area contributed by atoms with Crippen LogP contribution in [0, 0.1) is 0 Å². The molecule has 1 fully saturated rings. The minimum atomic E-state index is -4.47. The van der Waals surface area contributed by atoms with Gasteiger partial charge in [0.05, 0.1) is 30.4 Å². The summed E-state index contributed by atoms with van der Waals surface area (Å²) in [5.74, 6) is -0.574. The number of hydrogen-bond acceptors (Lipinski definition) is 5. The van der Waals surface area contributed by atoms with Crippen molar-refractivity contribution in [3.63, 3.8) is 0 Å². The van der Waals surface area contributed by atoms with Gasteiger partial charge in [0, 0.05) is 51.6 Å². The van der Waals surface area contributed by atoms with E-state index in [1.54, 1.807) is 29.2 Å². The number of carbonyl (C=O) groups is 2. The van der Waals surface area contributed by atoms with E-state index in [0.717, 1.165) is 23.5 Å². The van der Waals surface area contributed by atoms with Crippen LogP contribution in [-0.2, 0) is 12.6 Å². The molecule has 0 aliphatic carbocycles. The number of carbonyl (C=O) groups excluding carboxylic acids is 2. The van der Waals surface area contributed by atoms with Gasteiger partial charge in [-0.05, 0) is 42.3 Å². The summed E-state index contributed by atoms with van der Waals surface area (Å²) in [6, 6.07) is 16.8. The van der Waals surface area contributed by atoms with E-state index in [9.17, 15) is 27.2 Å². The third-order valence-corrected chi connectivity index (χ3v) is 6.34. The van der Waals surface area contributed by atoms with Crippen molar-refractivity contribution >= 4 is 17.5 Å². The molecule has 11 heteroatoms. The average Bonchev–Trinajstić information content (AvgIpc) is 3.42. The predicted molar refractivity (Wildman–Crippen MR) is 144 cm³/mol. The van der Waals surface area contributed by atoms with Crippen molar-refractivity contribution in [2.75, 3.05) is 45.8 Å². The first-order valence-electron chi connectivity index (χ1n) is 12.6. The van der Waals surface area contributed by atoms with Crippen molar-refractivity contribution in [1.82, 2.24) is 15.2 Å². The second kappa shape index (κ2) is 13.8.